The molecule has 92 valence electrons. The third-order valence-electron chi connectivity index (χ3n) is 3.17. The lowest BCUT2D eigenvalue weighted by Crippen LogP contribution is -1.95. The molecule has 0 heterocycles. The highest BCUT2D eigenvalue weighted by Gasteiger charge is 2.11. The van der Waals surface area contributed by atoms with Gasteiger partial charge in [0.25, 0.3) is 0 Å². The van der Waals surface area contributed by atoms with Crippen molar-refractivity contribution >= 4 is 11.4 Å². The molecular formula is C16H21F. The van der Waals surface area contributed by atoms with Gasteiger partial charge in [-0.3, -0.25) is 0 Å². The highest BCUT2D eigenvalue weighted by Crippen LogP contribution is 2.28. The van der Waals surface area contributed by atoms with Crippen molar-refractivity contribution in [1.29, 1.82) is 0 Å². The summed E-state index contributed by atoms with van der Waals surface area (Å²) < 4.78 is 14.2. The summed E-state index contributed by atoms with van der Waals surface area (Å²) in [7, 11) is 0. The van der Waals surface area contributed by atoms with Crippen molar-refractivity contribution in [3.63, 3.8) is 0 Å². The van der Waals surface area contributed by atoms with E-state index in [-0.39, 0.29) is 11.7 Å². The monoisotopic (exact) mass is 232 g/mol. The van der Waals surface area contributed by atoms with Crippen LogP contribution in [0.4, 0.5) is 4.39 Å². The average Bonchev–Trinajstić information content (AvgIpc) is 2.26. The third-order valence-corrected chi connectivity index (χ3v) is 3.17. The van der Waals surface area contributed by atoms with Gasteiger partial charge in [0.05, 0.1) is 0 Å². The Labute approximate surface area is 104 Å². The second kappa shape index (κ2) is 5.31. The van der Waals surface area contributed by atoms with E-state index in [9.17, 15) is 4.39 Å². The van der Waals surface area contributed by atoms with Gasteiger partial charge in [-0.15, -0.1) is 0 Å². The molecule has 1 aromatic carbocycles. The highest BCUT2D eigenvalue weighted by molar-refractivity contribution is 5.69. The number of halogens is 1. The summed E-state index contributed by atoms with van der Waals surface area (Å²) in [5.74, 6) is 0.140. The largest absolute Gasteiger partial charge is 0.206 e. The van der Waals surface area contributed by atoms with Crippen LogP contribution in [0.3, 0.4) is 0 Å². The molecular weight excluding hydrogens is 211 g/mol. The summed E-state index contributed by atoms with van der Waals surface area (Å²) in [6.45, 7) is 13.7. The molecule has 0 aliphatic carbocycles. The molecule has 0 atom stereocenters. The summed E-state index contributed by atoms with van der Waals surface area (Å²) >= 11 is 0. The molecule has 0 N–H and O–H groups in total. The normalized spacial score (nSPS) is 12.6. The van der Waals surface area contributed by atoms with Gasteiger partial charge in [0.15, 0.2) is 0 Å². The van der Waals surface area contributed by atoms with Crippen LogP contribution in [-0.2, 0) is 0 Å². The van der Waals surface area contributed by atoms with Crippen molar-refractivity contribution in [3.8, 4) is 0 Å². The molecule has 17 heavy (non-hydrogen) atoms. The van der Waals surface area contributed by atoms with E-state index in [2.05, 4.69) is 6.58 Å². The number of allylic oxidation sites excluding steroid dienone is 2. The van der Waals surface area contributed by atoms with Crippen molar-refractivity contribution in [1.82, 2.24) is 0 Å². The fourth-order valence-corrected chi connectivity index (χ4v) is 1.64. The summed E-state index contributed by atoms with van der Waals surface area (Å²) in [6, 6.07) is 5.77. The number of aryl methyl sites for hydroxylation is 1. The number of hydrogen-bond acceptors (Lipinski definition) is 0. The fraction of sp³-hybridized carbons (Fsp3) is 0.375. The van der Waals surface area contributed by atoms with Gasteiger partial charge in [-0.05, 0) is 43.4 Å². The molecule has 0 nitrogen and oxygen atoms in total. The smallest absolute Gasteiger partial charge is 0.129 e. The van der Waals surface area contributed by atoms with Crippen LogP contribution in [0.1, 0.15) is 44.4 Å². The van der Waals surface area contributed by atoms with E-state index in [0.717, 1.165) is 22.3 Å². The molecule has 0 spiro atoms. The molecule has 0 aromatic heterocycles. The molecule has 0 unspecified atom stereocenters. The van der Waals surface area contributed by atoms with Gasteiger partial charge in [-0.2, -0.15) is 0 Å². The minimum Gasteiger partial charge on any atom is -0.206 e. The van der Waals surface area contributed by atoms with Gasteiger partial charge < -0.3 is 0 Å². The van der Waals surface area contributed by atoms with E-state index in [0.29, 0.717) is 5.56 Å². The van der Waals surface area contributed by atoms with Crippen LogP contribution in [0.2, 0.25) is 0 Å². The first-order chi connectivity index (χ1) is 7.84. The maximum absolute atomic E-state index is 14.2. The Balaban J connectivity index is 3.26. The number of benzene rings is 1. The Bertz CT molecular complexity index is 464. The fourth-order valence-electron chi connectivity index (χ4n) is 1.64. The lowest BCUT2D eigenvalue weighted by Gasteiger charge is -2.11. The quantitative estimate of drug-likeness (QED) is 0.656. The zero-order chi connectivity index (χ0) is 13.2. The Kier molecular flexibility index (Phi) is 4.28. The van der Waals surface area contributed by atoms with E-state index >= 15 is 0 Å². The SMILES string of the molecule is C=C(C)c1ccc(/C(F)=C(\C)C(C)C)c(C)c1. The zero-order valence-electron chi connectivity index (χ0n) is 11.4. The minimum absolute atomic E-state index is 0.0919. The predicted molar refractivity (Wildman–Crippen MR) is 74.4 cm³/mol. The van der Waals surface area contributed by atoms with Crippen LogP contribution in [0.5, 0.6) is 0 Å². The molecule has 1 aromatic rings. The highest BCUT2D eigenvalue weighted by atomic mass is 19.1. The lowest BCUT2D eigenvalue weighted by molar-refractivity contribution is 0.696. The maximum atomic E-state index is 14.2. The molecule has 0 fully saturated rings. The summed E-state index contributed by atoms with van der Waals surface area (Å²) in [5, 5.41) is 0. The molecule has 1 rings (SSSR count). The van der Waals surface area contributed by atoms with E-state index in [1.807, 2.05) is 52.8 Å². The van der Waals surface area contributed by atoms with Crippen molar-refractivity contribution in [2.24, 2.45) is 5.92 Å². The van der Waals surface area contributed by atoms with Crippen molar-refractivity contribution in [2.45, 2.75) is 34.6 Å². The van der Waals surface area contributed by atoms with E-state index in [1.165, 1.54) is 0 Å². The van der Waals surface area contributed by atoms with Gasteiger partial charge in [0, 0.05) is 5.56 Å². The first-order valence-electron chi connectivity index (χ1n) is 5.97. The van der Waals surface area contributed by atoms with Crippen LogP contribution in [0.25, 0.3) is 11.4 Å². The molecule has 0 saturated heterocycles. The molecule has 1 heteroatoms. The van der Waals surface area contributed by atoms with E-state index in [1.54, 1.807) is 0 Å². The zero-order valence-corrected chi connectivity index (χ0v) is 11.4. The van der Waals surface area contributed by atoms with Crippen LogP contribution >= 0.6 is 0 Å². The summed E-state index contributed by atoms with van der Waals surface area (Å²) in [4.78, 5) is 0. The van der Waals surface area contributed by atoms with Crippen LogP contribution in [0.15, 0.2) is 30.4 Å². The second-order valence-electron chi connectivity index (χ2n) is 4.96. The maximum Gasteiger partial charge on any atom is 0.129 e. The average molecular weight is 232 g/mol. The van der Waals surface area contributed by atoms with Crippen molar-refractivity contribution < 1.29 is 4.39 Å². The number of rotatable bonds is 3. The van der Waals surface area contributed by atoms with Crippen LogP contribution in [0, 0.1) is 12.8 Å². The Morgan fingerprint density at radius 1 is 1.24 bits per heavy atom. The molecule has 0 bridgehead atoms. The van der Waals surface area contributed by atoms with Gasteiger partial charge >= 0.3 is 0 Å². The van der Waals surface area contributed by atoms with Gasteiger partial charge in [0.1, 0.15) is 5.83 Å². The van der Waals surface area contributed by atoms with Crippen LogP contribution < -0.4 is 0 Å². The van der Waals surface area contributed by atoms with Gasteiger partial charge in [0.2, 0.25) is 0 Å². The first-order valence-corrected chi connectivity index (χ1v) is 5.97. The van der Waals surface area contributed by atoms with Gasteiger partial charge in [-0.1, -0.05) is 44.2 Å². The Morgan fingerprint density at radius 3 is 2.24 bits per heavy atom. The summed E-state index contributed by atoms with van der Waals surface area (Å²) in [5.41, 5.74) is 4.53. The molecule has 0 aliphatic heterocycles. The molecule has 0 aliphatic rings. The van der Waals surface area contributed by atoms with Gasteiger partial charge in [-0.25, -0.2) is 4.39 Å². The van der Waals surface area contributed by atoms with Crippen molar-refractivity contribution in [2.75, 3.05) is 0 Å². The van der Waals surface area contributed by atoms with Crippen molar-refractivity contribution in [3.05, 3.63) is 47.0 Å². The second-order valence-corrected chi connectivity index (χ2v) is 4.96. The molecule has 0 amide bonds. The molecule has 0 radical (unpaired) electrons. The standard InChI is InChI=1S/C16H21F/c1-10(2)13(6)16(17)15-8-7-14(11(3)4)9-12(15)5/h7-10H,3H2,1-2,4-6H3/b16-13-. The summed E-state index contributed by atoms with van der Waals surface area (Å²) in [6.07, 6.45) is 0. The Hall–Kier alpha value is -1.37. The van der Waals surface area contributed by atoms with E-state index in [4.69, 9.17) is 0 Å². The topological polar surface area (TPSA) is 0 Å². The minimum atomic E-state index is -0.0919. The Morgan fingerprint density at radius 2 is 1.82 bits per heavy atom. The molecule has 0 saturated carbocycles. The van der Waals surface area contributed by atoms with Crippen LogP contribution in [-0.4, -0.2) is 0 Å². The predicted octanol–water partition coefficient (Wildman–Crippen LogP) is 5.38. The lowest BCUT2D eigenvalue weighted by atomic mass is 9.96. The third kappa shape index (κ3) is 3.06. The first kappa shape index (κ1) is 13.7. The van der Waals surface area contributed by atoms with E-state index < -0.39 is 0 Å². The number of hydrogen-bond donors (Lipinski definition) is 0.